The van der Waals surface area contributed by atoms with Crippen LogP contribution in [0.15, 0.2) is 73.0 Å². The molecule has 0 saturated heterocycles. The molecule has 0 amide bonds. The summed E-state index contributed by atoms with van der Waals surface area (Å²) in [6.07, 6.45) is 14.9. The first-order valence-electron chi connectivity index (χ1n) is 10.2. The van der Waals surface area contributed by atoms with Gasteiger partial charge in [-0.1, -0.05) is 43.0 Å². The summed E-state index contributed by atoms with van der Waals surface area (Å²) in [6, 6.07) is 5.94. The number of aromatic nitrogens is 6. The van der Waals surface area contributed by atoms with Crippen molar-refractivity contribution in [3.8, 4) is 11.5 Å². The molecule has 6 nitrogen and oxygen atoms in total. The molecule has 1 aliphatic carbocycles. The molecule has 152 valence electrons. The van der Waals surface area contributed by atoms with E-state index >= 15 is 0 Å². The van der Waals surface area contributed by atoms with Gasteiger partial charge in [0.1, 0.15) is 11.0 Å². The van der Waals surface area contributed by atoms with Crippen LogP contribution in [0.5, 0.6) is 0 Å². The third-order valence-electron chi connectivity index (χ3n) is 5.43. The number of nitrogens with one attached hydrogen (secondary N) is 2. The van der Waals surface area contributed by atoms with Crippen molar-refractivity contribution in [2.45, 2.75) is 20.3 Å². The first-order valence-corrected chi connectivity index (χ1v) is 10.2. The van der Waals surface area contributed by atoms with Crippen molar-refractivity contribution in [1.29, 1.82) is 0 Å². The van der Waals surface area contributed by atoms with Gasteiger partial charge < -0.3 is 4.98 Å². The molecular weight excluding hydrogens is 384 g/mol. The molecule has 0 bridgehead atoms. The number of rotatable bonds is 5. The second-order valence-corrected chi connectivity index (χ2v) is 7.39. The lowest BCUT2D eigenvalue weighted by Crippen LogP contribution is -1.92. The van der Waals surface area contributed by atoms with Crippen LogP contribution in [0.2, 0.25) is 0 Å². The number of hydrogen-bond donors (Lipinski definition) is 2. The van der Waals surface area contributed by atoms with Crippen molar-refractivity contribution in [2.75, 3.05) is 0 Å². The molecule has 0 atom stereocenters. The molecule has 2 N–H and O–H groups in total. The number of allylic oxidation sites excluding steroid dienone is 9. The Hall–Kier alpha value is -4.06. The van der Waals surface area contributed by atoms with Gasteiger partial charge >= 0.3 is 0 Å². The Morgan fingerprint density at radius 2 is 1.97 bits per heavy atom. The molecule has 0 unspecified atom stereocenters. The van der Waals surface area contributed by atoms with E-state index in [1.165, 1.54) is 0 Å². The van der Waals surface area contributed by atoms with E-state index in [2.05, 4.69) is 58.0 Å². The number of hydrogen-bond acceptors (Lipinski definition) is 4. The zero-order valence-electron chi connectivity index (χ0n) is 17.5. The van der Waals surface area contributed by atoms with E-state index in [4.69, 9.17) is 9.97 Å². The summed E-state index contributed by atoms with van der Waals surface area (Å²) in [5.41, 5.74) is 9.10. The Balaban J connectivity index is 1.65. The second kappa shape index (κ2) is 7.65. The Bertz CT molecular complexity index is 1440. The highest BCUT2D eigenvalue weighted by molar-refractivity contribution is 5.95. The van der Waals surface area contributed by atoms with Crippen LogP contribution >= 0.6 is 0 Å². The molecule has 0 aromatic carbocycles. The molecule has 1 aliphatic rings. The first kappa shape index (κ1) is 18.9. The summed E-state index contributed by atoms with van der Waals surface area (Å²) >= 11 is 0. The second-order valence-electron chi connectivity index (χ2n) is 7.39. The number of nitrogens with zero attached hydrogens (tertiary/aromatic N) is 4. The highest BCUT2D eigenvalue weighted by Crippen LogP contribution is 2.31. The summed E-state index contributed by atoms with van der Waals surface area (Å²) in [5, 5.41) is 7.59. The fourth-order valence-electron chi connectivity index (χ4n) is 3.95. The molecule has 0 radical (unpaired) electrons. The predicted molar refractivity (Wildman–Crippen MR) is 126 cm³/mol. The maximum absolute atomic E-state index is 4.92. The van der Waals surface area contributed by atoms with Gasteiger partial charge in [-0.2, -0.15) is 5.10 Å². The third-order valence-corrected chi connectivity index (χ3v) is 5.43. The summed E-state index contributed by atoms with van der Waals surface area (Å²) in [6.45, 7) is 7.86. The number of aromatic amines is 2. The van der Waals surface area contributed by atoms with Crippen LogP contribution in [-0.2, 0) is 0 Å². The van der Waals surface area contributed by atoms with Crippen molar-refractivity contribution in [3.63, 3.8) is 0 Å². The average Bonchev–Trinajstić information content (AvgIpc) is 3.52. The number of H-pyrrole nitrogens is 2. The van der Waals surface area contributed by atoms with Crippen molar-refractivity contribution in [3.05, 3.63) is 84.4 Å². The van der Waals surface area contributed by atoms with Gasteiger partial charge in [0.05, 0.1) is 22.4 Å². The molecule has 0 fully saturated rings. The molecule has 0 spiro atoms. The summed E-state index contributed by atoms with van der Waals surface area (Å²) in [4.78, 5) is 17.7. The zero-order valence-corrected chi connectivity index (χ0v) is 17.5. The van der Waals surface area contributed by atoms with Crippen LogP contribution in [0.25, 0.3) is 44.7 Å². The molecule has 4 heterocycles. The van der Waals surface area contributed by atoms with Gasteiger partial charge in [0.2, 0.25) is 0 Å². The van der Waals surface area contributed by atoms with Gasteiger partial charge in [-0.05, 0) is 55.2 Å². The summed E-state index contributed by atoms with van der Waals surface area (Å²) in [5.74, 6) is 0.670. The zero-order chi connectivity index (χ0) is 21.4. The summed E-state index contributed by atoms with van der Waals surface area (Å²) in [7, 11) is 0. The minimum atomic E-state index is 0.670. The van der Waals surface area contributed by atoms with Gasteiger partial charge in [0, 0.05) is 6.20 Å². The van der Waals surface area contributed by atoms with Gasteiger partial charge in [-0.15, -0.1) is 0 Å². The third kappa shape index (κ3) is 3.22. The molecule has 0 aliphatic heterocycles. The van der Waals surface area contributed by atoms with Crippen molar-refractivity contribution in [1.82, 2.24) is 30.1 Å². The number of fused-ring (bicyclic) bond motifs is 2. The fraction of sp³-hybridized carbons (Fsp3) is 0.120. The number of imidazole rings is 1. The van der Waals surface area contributed by atoms with Crippen molar-refractivity contribution < 1.29 is 0 Å². The quantitative estimate of drug-likeness (QED) is 0.412. The van der Waals surface area contributed by atoms with E-state index in [1.807, 2.05) is 31.2 Å². The van der Waals surface area contributed by atoms with E-state index in [9.17, 15) is 0 Å². The van der Waals surface area contributed by atoms with Gasteiger partial charge in [-0.25, -0.2) is 9.97 Å². The lowest BCUT2D eigenvalue weighted by atomic mass is 10.0. The monoisotopic (exact) mass is 406 g/mol. The average molecular weight is 406 g/mol. The summed E-state index contributed by atoms with van der Waals surface area (Å²) < 4.78 is 0. The van der Waals surface area contributed by atoms with Gasteiger partial charge in [0.25, 0.3) is 0 Å². The molecule has 4 aromatic rings. The van der Waals surface area contributed by atoms with E-state index in [-0.39, 0.29) is 0 Å². The van der Waals surface area contributed by atoms with Crippen LogP contribution in [0.1, 0.15) is 31.7 Å². The van der Waals surface area contributed by atoms with E-state index in [1.54, 1.807) is 12.3 Å². The molecule has 0 saturated carbocycles. The van der Waals surface area contributed by atoms with Crippen LogP contribution < -0.4 is 0 Å². The topological polar surface area (TPSA) is 83.1 Å². The molecule has 6 heteroatoms. The standard InChI is InChI=1S/C25H22N6/c1-4-8-15(3)17(5-2)18-11-12-20-23(27-18)24(31-30-20)25-28-19-13-14-26-21(22(19)29-25)16-9-6-7-10-16/h4-6,8-14H,1,7H2,2-3H3,(H,28,29)(H,30,31)/b15-8-,17-5+. The number of pyridine rings is 2. The minimum Gasteiger partial charge on any atom is -0.336 e. The predicted octanol–water partition coefficient (Wildman–Crippen LogP) is 5.78. The lowest BCUT2D eigenvalue weighted by molar-refractivity contribution is 1.10. The van der Waals surface area contributed by atoms with E-state index in [0.717, 1.165) is 56.6 Å². The molecule has 31 heavy (non-hydrogen) atoms. The molecule has 4 aromatic heterocycles. The van der Waals surface area contributed by atoms with Crippen LogP contribution in [0, 0.1) is 0 Å². The Morgan fingerprint density at radius 3 is 2.74 bits per heavy atom. The Labute approximate surface area is 179 Å². The fourth-order valence-corrected chi connectivity index (χ4v) is 3.95. The van der Waals surface area contributed by atoms with Gasteiger partial charge in [-0.3, -0.25) is 10.1 Å². The normalized spacial score (nSPS) is 14.6. The van der Waals surface area contributed by atoms with Crippen molar-refractivity contribution >= 4 is 33.2 Å². The minimum absolute atomic E-state index is 0.670. The largest absolute Gasteiger partial charge is 0.336 e. The lowest BCUT2D eigenvalue weighted by Gasteiger charge is -2.07. The van der Waals surface area contributed by atoms with Crippen LogP contribution in [-0.4, -0.2) is 30.1 Å². The Morgan fingerprint density at radius 1 is 1.10 bits per heavy atom. The maximum Gasteiger partial charge on any atom is 0.161 e. The first-order chi connectivity index (χ1) is 15.2. The smallest absolute Gasteiger partial charge is 0.161 e. The van der Waals surface area contributed by atoms with E-state index < -0.39 is 0 Å². The SMILES string of the molecule is C=C/C=C(C)\C(=C/C)c1ccc2[nH]nc(-c3nc4c(C5=CCC=C5)nccc4[nH]3)c2n1. The van der Waals surface area contributed by atoms with Crippen LogP contribution in [0.3, 0.4) is 0 Å². The maximum atomic E-state index is 4.92. The highest BCUT2D eigenvalue weighted by atomic mass is 15.1. The van der Waals surface area contributed by atoms with Gasteiger partial charge in [0.15, 0.2) is 11.5 Å². The molecule has 5 rings (SSSR count). The van der Waals surface area contributed by atoms with E-state index in [0.29, 0.717) is 11.5 Å². The highest BCUT2D eigenvalue weighted by Gasteiger charge is 2.18. The van der Waals surface area contributed by atoms with Crippen LogP contribution in [0.4, 0.5) is 0 Å². The molecular formula is C25H22N6. The van der Waals surface area contributed by atoms with Crippen molar-refractivity contribution in [2.24, 2.45) is 0 Å². The Kier molecular flexibility index (Phi) is 4.67.